The number of ether oxygens (including phenoxy) is 2. The summed E-state index contributed by atoms with van der Waals surface area (Å²) in [6.45, 7) is 4.76. The van der Waals surface area contributed by atoms with Gasteiger partial charge in [-0.3, -0.25) is 4.90 Å². The Bertz CT molecular complexity index is 132. The predicted octanol–water partition coefficient (Wildman–Crippen LogP) is -0.284. The molecule has 1 aliphatic rings. The number of methoxy groups -OCH3 is 1. The summed E-state index contributed by atoms with van der Waals surface area (Å²) in [4.78, 5) is 2.22. The van der Waals surface area contributed by atoms with Gasteiger partial charge in [0.1, 0.15) is 0 Å². The van der Waals surface area contributed by atoms with Gasteiger partial charge >= 0.3 is 0 Å². The number of aliphatic hydroxyl groups is 1. The Morgan fingerprint density at radius 3 is 2.85 bits per heavy atom. The number of hydrogen-bond donors (Lipinski definition) is 1. The van der Waals surface area contributed by atoms with Crippen LogP contribution in [0.3, 0.4) is 0 Å². The van der Waals surface area contributed by atoms with E-state index >= 15 is 0 Å². The number of aliphatic hydroxyl groups excluding tert-OH is 1. The molecule has 0 aromatic carbocycles. The van der Waals surface area contributed by atoms with Crippen LogP contribution < -0.4 is 0 Å². The lowest BCUT2D eigenvalue weighted by Gasteiger charge is -2.14. The molecular weight excluding hydrogens is 170 g/mol. The molecule has 13 heavy (non-hydrogen) atoms. The van der Waals surface area contributed by atoms with Crippen molar-refractivity contribution in [1.29, 1.82) is 0 Å². The smallest absolute Gasteiger partial charge is 0.0700 e. The molecule has 0 radical (unpaired) electrons. The molecule has 0 saturated carbocycles. The van der Waals surface area contributed by atoms with Gasteiger partial charge in [-0.25, -0.2) is 0 Å². The molecular formula is C9H19NO3. The molecule has 4 heteroatoms. The van der Waals surface area contributed by atoms with Gasteiger partial charge in [0, 0.05) is 26.7 Å². The van der Waals surface area contributed by atoms with Crippen LogP contribution in [-0.2, 0) is 9.47 Å². The average molecular weight is 189 g/mol. The summed E-state index contributed by atoms with van der Waals surface area (Å²) in [5.74, 6) is 0. The van der Waals surface area contributed by atoms with Crippen LogP contribution in [0.2, 0.25) is 0 Å². The lowest BCUT2D eigenvalue weighted by atomic mass is 10.3. The van der Waals surface area contributed by atoms with Gasteiger partial charge in [-0.2, -0.15) is 0 Å². The second-order valence-electron chi connectivity index (χ2n) is 3.35. The molecule has 1 saturated heterocycles. The van der Waals surface area contributed by atoms with Crippen molar-refractivity contribution >= 4 is 0 Å². The second kappa shape index (κ2) is 6.32. The molecule has 4 nitrogen and oxygen atoms in total. The summed E-state index contributed by atoms with van der Waals surface area (Å²) in [6.07, 6.45) is 0.775. The van der Waals surface area contributed by atoms with Crippen LogP contribution in [0.1, 0.15) is 6.42 Å². The van der Waals surface area contributed by atoms with Crippen molar-refractivity contribution in [2.45, 2.75) is 12.5 Å². The minimum absolute atomic E-state index is 0.126. The molecule has 0 amide bonds. The minimum Gasteiger partial charge on any atom is -0.392 e. The second-order valence-corrected chi connectivity index (χ2v) is 3.35. The van der Waals surface area contributed by atoms with Gasteiger partial charge in [0.15, 0.2) is 0 Å². The third-order valence-corrected chi connectivity index (χ3v) is 2.23. The number of β-amino-alcohol motifs (C(OH)–C–C–N with tert-alkyl or cyclic N) is 1. The Balaban J connectivity index is 1.88. The zero-order valence-electron chi connectivity index (χ0n) is 8.24. The predicted molar refractivity (Wildman–Crippen MR) is 49.8 cm³/mol. The van der Waals surface area contributed by atoms with Crippen molar-refractivity contribution in [1.82, 2.24) is 4.90 Å². The summed E-state index contributed by atoms with van der Waals surface area (Å²) >= 11 is 0. The normalized spacial score (nSPS) is 24.0. The highest BCUT2D eigenvalue weighted by molar-refractivity contribution is 4.73. The lowest BCUT2D eigenvalue weighted by molar-refractivity contribution is 0.0584. The summed E-state index contributed by atoms with van der Waals surface area (Å²) in [7, 11) is 1.67. The maximum absolute atomic E-state index is 9.24. The van der Waals surface area contributed by atoms with Gasteiger partial charge in [0.2, 0.25) is 0 Å². The van der Waals surface area contributed by atoms with Crippen LogP contribution in [0.25, 0.3) is 0 Å². The molecule has 1 aliphatic heterocycles. The van der Waals surface area contributed by atoms with E-state index in [9.17, 15) is 5.11 Å². The van der Waals surface area contributed by atoms with Gasteiger partial charge in [0.05, 0.1) is 25.9 Å². The maximum Gasteiger partial charge on any atom is 0.0700 e. The number of rotatable bonds is 6. The Morgan fingerprint density at radius 2 is 2.23 bits per heavy atom. The van der Waals surface area contributed by atoms with Gasteiger partial charge < -0.3 is 14.6 Å². The highest BCUT2D eigenvalue weighted by atomic mass is 16.5. The van der Waals surface area contributed by atoms with Crippen LogP contribution in [0.4, 0.5) is 0 Å². The van der Waals surface area contributed by atoms with E-state index in [1.165, 1.54) is 0 Å². The van der Waals surface area contributed by atoms with Gasteiger partial charge in [0.25, 0.3) is 0 Å². The van der Waals surface area contributed by atoms with Crippen LogP contribution in [0.15, 0.2) is 0 Å². The average Bonchev–Trinajstić information content (AvgIpc) is 2.51. The fourth-order valence-corrected chi connectivity index (χ4v) is 1.45. The van der Waals surface area contributed by atoms with Crippen LogP contribution in [-0.4, -0.2) is 62.7 Å². The Labute approximate surface area is 79.4 Å². The first kappa shape index (κ1) is 10.9. The van der Waals surface area contributed by atoms with E-state index in [0.29, 0.717) is 13.2 Å². The van der Waals surface area contributed by atoms with E-state index in [4.69, 9.17) is 9.47 Å². The van der Waals surface area contributed by atoms with Gasteiger partial charge in [-0.15, -0.1) is 0 Å². The first-order valence-corrected chi connectivity index (χ1v) is 4.80. The molecule has 0 aromatic rings. The summed E-state index contributed by atoms with van der Waals surface area (Å²) in [5, 5.41) is 9.24. The zero-order valence-corrected chi connectivity index (χ0v) is 8.24. The van der Waals surface area contributed by atoms with Crippen molar-refractivity contribution in [3.63, 3.8) is 0 Å². The topological polar surface area (TPSA) is 41.9 Å². The van der Waals surface area contributed by atoms with E-state index in [1.54, 1.807) is 7.11 Å². The number of nitrogens with zero attached hydrogens (tertiary/aromatic N) is 1. The van der Waals surface area contributed by atoms with Crippen molar-refractivity contribution in [3.05, 3.63) is 0 Å². The first-order chi connectivity index (χ1) is 6.33. The molecule has 1 atom stereocenters. The molecule has 0 spiro atoms. The van der Waals surface area contributed by atoms with Crippen LogP contribution in [0, 0.1) is 0 Å². The molecule has 78 valence electrons. The third-order valence-electron chi connectivity index (χ3n) is 2.23. The van der Waals surface area contributed by atoms with Crippen LogP contribution >= 0.6 is 0 Å². The van der Waals surface area contributed by atoms with Gasteiger partial charge in [-0.05, 0) is 6.42 Å². The third kappa shape index (κ3) is 4.57. The van der Waals surface area contributed by atoms with E-state index in [1.807, 2.05) is 0 Å². The molecule has 0 aliphatic carbocycles. The molecule has 0 unspecified atom stereocenters. The SMILES string of the molecule is COCCOCCN1CC[C@H](O)C1. The molecule has 1 rings (SSSR count). The van der Waals surface area contributed by atoms with Crippen molar-refractivity contribution < 1.29 is 14.6 Å². The van der Waals surface area contributed by atoms with E-state index in [2.05, 4.69) is 4.90 Å². The summed E-state index contributed by atoms with van der Waals surface area (Å²) < 4.78 is 10.2. The van der Waals surface area contributed by atoms with E-state index < -0.39 is 0 Å². The number of hydrogen-bond acceptors (Lipinski definition) is 4. The fourth-order valence-electron chi connectivity index (χ4n) is 1.45. The quantitative estimate of drug-likeness (QED) is 0.583. The minimum atomic E-state index is -0.126. The van der Waals surface area contributed by atoms with Gasteiger partial charge in [-0.1, -0.05) is 0 Å². The van der Waals surface area contributed by atoms with Crippen molar-refractivity contribution in [2.24, 2.45) is 0 Å². The Hall–Kier alpha value is -0.160. The molecule has 0 bridgehead atoms. The van der Waals surface area contributed by atoms with E-state index in [-0.39, 0.29) is 6.10 Å². The maximum atomic E-state index is 9.24. The Kier molecular flexibility index (Phi) is 5.31. The van der Waals surface area contributed by atoms with E-state index in [0.717, 1.165) is 32.7 Å². The monoisotopic (exact) mass is 189 g/mol. The summed E-state index contributed by atoms with van der Waals surface area (Å²) in [5.41, 5.74) is 0. The largest absolute Gasteiger partial charge is 0.392 e. The molecule has 1 heterocycles. The van der Waals surface area contributed by atoms with Crippen LogP contribution in [0.5, 0.6) is 0 Å². The molecule has 0 aromatic heterocycles. The van der Waals surface area contributed by atoms with Crippen molar-refractivity contribution in [3.8, 4) is 0 Å². The highest BCUT2D eigenvalue weighted by Crippen LogP contribution is 2.07. The molecule has 1 N–H and O–H groups in total. The summed E-state index contributed by atoms with van der Waals surface area (Å²) in [6, 6.07) is 0. The molecule has 1 fully saturated rings. The lowest BCUT2D eigenvalue weighted by Crippen LogP contribution is -2.26. The standard InChI is InChI=1S/C9H19NO3/c1-12-6-7-13-5-4-10-3-2-9(11)8-10/h9,11H,2-8H2,1H3/t9-/m0/s1. The van der Waals surface area contributed by atoms with Crippen molar-refractivity contribution in [2.75, 3.05) is 46.6 Å². The fraction of sp³-hybridized carbons (Fsp3) is 1.00. The number of likely N-dealkylation sites (tertiary alicyclic amines) is 1. The first-order valence-electron chi connectivity index (χ1n) is 4.80. The Morgan fingerprint density at radius 1 is 1.38 bits per heavy atom. The highest BCUT2D eigenvalue weighted by Gasteiger charge is 2.18. The zero-order chi connectivity index (χ0) is 9.52.